The lowest BCUT2D eigenvalue weighted by molar-refractivity contribution is 0.631. The molecule has 0 aliphatic carbocycles. The van der Waals surface area contributed by atoms with Gasteiger partial charge in [-0.15, -0.1) is 0 Å². The van der Waals surface area contributed by atoms with E-state index in [1.54, 1.807) is 0 Å². The van der Waals surface area contributed by atoms with Gasteiger partial charge in [0, 0.05) is 4.75 Å². The maximum absolute atomic E-state index is 2.30. The second-order valence-electron chi connectivity index (χ2n) is 2.76. The molecule has 0 amide bonds. The molecule has 0 aliphatic heterocycles. The SMILES string of the molecule is CCCC(C)(C)SSC. The summed E-state index contributed by atoms with van der Waals surface area (Å²) >= 11 is 0. The van der Waals surface area contributed by atoms with Crippen LogP contribution in [0.4, 0.5) is 0 Å². The van der Waals surface area contributed by atoms with Crippen LogP contribution in [0.1, 0.15) is 33.6 Å². The lowest BCUT2D eigenvalue weighted by Crippen LogP contribution is -2.11. The minimum Gasteiger partial charge on any atom is -0.0971 e. The molecule has 0 saturated heterocycles. The van der Waals surface area contributed by atoms with E-state index in [1.165, 1.54) is 12.8 Å². The summed E-state index contributed by atoms with van der Waals surface area (Å²) in [5.74, 6) is 0. The molecule has 0 aromatic carbocycles. The molecule has 0 nitrogen and oxygen atoms in total. The highest BCUT2D eigenvalue weighted by Gasteiger charge is 2.15. The van der Waals surface area contributed by atoms with E-state index in [9.17, 15) is 0 Å². The van der Waals surface area contributed by atoms with Crippen LogP contribution < -0.4 is 0 Å². The van der Waals surface area contributed by atoms with Crippen LogP contribution >= 0.6 is 21.6 Å². The fourth-order valence-electron chi connectivity index (χ4n) is 0.869. The van der Waals surface area contributed by atoms with Gasteiger partial charge < -0.3 is 0 Å². The molecular weight excluding hydrogens is 148 g/mol. The summed E-state index contributed by atoms with van der Waals surface area (Å²) < 4.78 is 0.480. The molecule has 9 heavy (non-hydrogen) atoms. The first-order valence-electron chi connectivity index (χ1n) is 3.34. The number of rotatable bonds is 4. The Hall–Kier alpha value is 0.700. The van der Waals surface area contributed by atoms with Crippen LogP contribution in [0.2, 0.25) is 0 Å². The lowest BCUT2D eigenvalue weighted by atomic mass is 10.1. The summed E-state index contributed by atoms with van der Waals surface area (Å²) in [6.07, 6.45) is 4.75. The Morgan fingerprint density at radius 2 is 1.89 bits per heavy atom. The molecule has 56 valence electrons. The van der Waals surface area contributed by atoms with Crippen molar-refractivity contribution in [2.45, 2.75) is 38.4 Å². The van der Waals surface area contributed by atoms with E-state index in [0.29, 0.717) is 4.75 Å². The predicted molar refractivity (Wildman–Crippen MR) is 50.1 cm³/mol. The van der Waals surface area contributed by atoms with Gasteiger partial charge in [-0.2, -0.15) is 0 Å². The minimum atomic E-state index is 0.480. The zero-order chi connectivity index (χ0) is 7.33. The van der Waals surface area contributed by atoms with E-state index >= 15 is 0 Å². The molecule has 0 unspecified atom stereocenters. The summed E-state index contributed by atoms with van der Waals surface area (Å²) in [6, 6.07) is 0. The highest BCUT2D eigenvalue weighted by atomic mass is 33.1. The first kappa shape index (κ1) is 9.70. The Morgan fingerprint density at radius 1 is 1.33 bits per heavy atom. The Kier molecular flexibility index (Phi) is 4.86. The van der Waals surface area contributed by atoms with Crippen molar-refractivity contribution in [3.63, 3.8) is 0 Å². The molecule has 0 radical (unpaired) electrons. The van der Waals surface area contributed by atoms with Crippen molar-refractivity contribution >= 4 is 21.6 Å². The van der Waals surface area contributed by atoms with Crippen molar-refractivity contribution in [3.8, 4) is 0 Å². The first-order chi connectivity index (χ1) is 4.12. The van der Waals surface area contributed by atoms with Gasteiger partial charge >= 0.3 is 0 Å². The van der Waals surface area contributed by atoms with E-state index in [2.05, 4.69) is 27.0 Å². The fraction of sp³-hybridized carbons (Fsp3) is 1.00. The highest BCUT2D eigenvalue weighted by Crippen LogP contribution is 2.36. The molecule has 0 spiro atoms. The maximum Gasteiger partial charge on any atom is 0.0207 e. The molecule has 0 aromatic rings. The average Bonchev–Trinajstić information content (AvgIpc) is 1.64. The van der Waals surface area contributed by atoms with Crippen molar-refractivity contribution in [2.24, 2.45) is 0 Å². The van der Waals surface area contributed by atoms with E-state index in [1.807, 2.05) is 21.6 Å². The largest absolute Gasteiger partial charge is 0.0971 e. The monoisotopic (exact) mass is 164 g/mol. The van der Waals surface area contributed by atoms with Gasteiger partial charge in [-0.05, 0) is 26.5 Å². The van der Waals surface area contributed by atoms with Crippen LogP contribution in [0.5, 0.6) is 0 Å². The standard InChI is InChI=1S/C7H16S2/c1-5-6-7(2,3)9-8-4/h5-6H2,1-4H3. The zero-order valence-electron chi connectivity index (χ0n) is 6.73. The van der Waals surface area contributed by atoms with Crippen molar-refractivity contribution in [3.05, 3.63) is 0 Å². The molecule has 0 bridgehead atoms. The summed E-state index contributed by atoms with van der Waals surface area (Å²) in [7, 11) is 3.84. The third kappa shape index (κ3) is 5.16. The van der Waals surface area contributed by atoms with Crippen molar-refractivity contribution in [2.75, 3.05) is 6.26 Å². The first-order valence-corrected chi connectivity index (χ1v) is 5.90. The van der Waals surface area contributed by atoms with E-state index < -0.39 is 0 Å². The summed E-state index contributed by atoms with van der Waals surface area (Å²) in [6.45, 7) is 6.85. The molecule has 0 aliphatic rings. The van der Waals surface area contributed by atoms with Crippen LogP contribution in [0.3, 0.4) is 0 Å². The summed E-state index contributed by atoms with van der Waals surface area (Å²) in [5.41, 5.74) is 0. The van der Waals surface area contributed by atoms with E-state index in [-0.39, 0.29) is 0 Å². The van der Waals surface area contributed by atoms with Crippen molar-refractivity contribution < 1.29 is 0 Å². The molecule has 0 N–H and O–H groups in total. The summed E-state index contributed by atoms with van der Waals surface area (Å²) in [4.78, 5) is 0. The molecule has 0 heterocycles. The smallest absolute Gasteiger partial charge is 0.0207 e. The van der Waals surface area contributed by atoms with Crippen LogP contribution in [0, 0.1) is 0 Å². The zero-order valence-corrected chi connectivity index (χ0v) is 8.36. The van der Waals surface area contributed by atoms with E-state index in [4.69, 9.17) is 0 Å². The van der Waals surface area contributed by atoms with Gasteiger partial charge in [0.25, 0.3) is 0 Å². The quantitative estimate of drug-likeness (QED) is 0.583. The Balaban J connectivity index is 3.43. The van der Waals surface area contributed by atoms with Gasteiger partial charge in [0.2, 0.25) is 0 Å². The molecule has 0 rings (SSSR count). The normalized spacial score (nSPS) is 12.0. The fourth-order valence-corrected chi connectivity index (χ4v) is 3.21. The molecular formula is C7H16S2. The van der Waals surface area contributed by atoms with Crippen molar-refractivity contribution in [1.29, 1.82) is 0 Å². The molecule has 0 saturated carbocycles. The lowest BCUT2D eigenvalue weighted by Gasteiger charge is -2.20. The Labute approximate surface area is 66.6 Å². The van der Waals surface area contributed by atoms with Gasteiger partial charge in [0.05, 0.1) is 0 Å². The van der Waals surface area contributed by atoms with E-state index in [0.717, 1.165) is 0 Å². The second-order valence-corrected chi connectivity index (χ2v) is 5.86. The average molecular weight is 164 g/mol. The van der Waals surface area contributed by atoms with Gasteiger partial charge in [0.15, 0.2) is 0 Å². The second kappa shape index (κ2) is 4.51. The van der Waals surface area contributed by atoms with Gasteiger partial charge in [-0.25, -0.2) is 0 Å². The van der Waals surface area contributed by atoms with Gasteiger partial charge in [-0.1, -0.05) is 34.9 Å². The third-order valence-corrected chi connectivity index (χ3v) is 3.84. The molecule has 2 heteroatoms. The van der Waals surface area contributed by atoms with Gasteiger partial charge in [0.1, 0.15) is 0 Å². The number of hydrogen-bond donors (Lipinski definition) is 0. The topological polar surface area (TPSA) is 0 Å². The maximum atomic E-state index is 2.30. The number of hydrogen-bond acceptors (Lipinski definition) is 2. The molecule has 0 fully saturated rings. The van der Waals surface area contributed by atoms with Crippen molar-refractivity contribution in [1.82, 2.24) is 0 Å². The molecule has 0 aromatic heterocycles. The van der Waals surface area contributed by atoms with Crippen LogP contribution in [0.25, 0.3) is 0 Å². The molecule has 0 atom stereocenters. The minimum absolute atomic E-state index is 0.480. The third-order valence-electron chi connectivity index (χ3n) is 1.16. The Morgan fingerprint density at radius 3 is 2.22 bits per heavy atom. The Bertz CT molecular complexity index is 61.3. The predicted octanol–water partition coefficient (Wildman–Crippen LogP) is 3.58. The highest BCUT2D eigenvalue weighted by molar-refractivity contribution is 8.76. The summed E-state index contributed by atoms with van der Waals surface area (Å²) in [5, 5.41) is 0. The van der Waals surface area contributed by atoms with Crippen LogP contribution in [-0.2, 0) is 0 Å². The van der Waals surface area contributed by atoms with Gasteiger partial charge in [-0.3, -0.25) is 0 Å². The van der Waals surface area contributed by atoms with Crippen LogP contribution in [-0.4, -0.2) is 11.0 Å². The van der Waals surface area contributed by atoms with Crippen LogP contribution in [0.15, 0.2) is 0 Å².